The predicted molar refractivity (Wildman–Crippen MR) is 91.9 cm³/mol. The van der Waals surface area contributed by atoms with Gasteiger partial charge in [-0.05, 0) is 63.9 Å². The van der Waals surface area contributed by atoms with Crippen LogP contribution in [0.4, 0.5) is 8.78 Å². The largest absolute Gasteiger partial charge is 0.375 e. The van der Waals surface area contributed by atoms with Gasteiger partial charge in [-0.1, -0.05) is 13.0 Å². The van der Waals surface area contributed by atoms with Gasteiger partial charge in [0.25, 0.3) is 0 Å². The van der Waals surface area contributed by atoms with Crippen molar-refractivity contribution in [2.45, 2.75) is 77.0 Å². The minimum atomic E-state index is -0.519. The molecule has 1 N–H and O–H groups in total. The molecule has 3 rings (SSSR count). The number of benzene rings is 1. The summed E-state index contributed by atoms with van der Waals surface area (Å²) in [4.78, 5) is 0. The summed E-state index contributed by atoms with van der Waals surface area (Å²) in [6, 6.07) is 4.24. The summed E-state index contributed by atoms with van der Waals surface area (Å²) in [5, 5.41) is 3.61. The molecule has 134 valence electrons. The highest BCUT2D eigenvalue weighted by molar-refractivity contribution is 5.22. The van der Waals surface area contributed by atoms with E-state index in [2.05, 4.69) is 19.2 Å². The minimum Gasteiger partial charge on any atom is -0.375 e. The van der Waals surface area contributed by atoms with Crippen LogP contribution in [-0.4, -0.2) is 18.2 Å². The van der Waals surface area contributed by atoms with Gasteiger partial charge >= 0.3 is 0 Å². The topological polar surface area (TPSA) is 21.3 Å². The average Bonchev–Trinajstić information content (AvgIpc) is 2.83. The van der Waals surface area contributed by atoms with E-state index < -0.39 is 11.6 Å². The first-order chi connectivity index (χ1) is 11.3. The van der Waals surface area contributed by atoms with Crippen LogP contribution in [0.25, 0.3) is 0 Å². The third kappa shape index (κ3) is 3.80. The van der Waals surface area contributed by atoms with Crippen LogP contribution in [0, 0.1) is 17.0 Å². The summed E-state index contributed by atoms with van der Waals surface area (Å²) < 4.78 is 33.2. The van der Waals surface area contributed by atoms with Crippen molar-refractivity contribution < 1.29 is 13.5 Å². The van der Waals surface area contributed by atoms with Crippen LogP contribution in [0.1, 0.15) is 70.9 Å². The highest BCUT2D eigenvalue weighted by Crippen LogP contribution is 2.48. The van der Waals surface area contributed by atoms with Gasteiger partial charge in [0.05, 0.1) is 12.2 Å². The van der Waals surface area contributed by atoms with E-state index in [1.165, 1.54) is 6.07 Å². The van der Waals surface area contributed by atoms with Gasteiger partial charge in [0.1, 0.15) is 11.6 Å². The lowest BCUT2D eigenvalue weighted by molar-refractivity contribution is 0.0276. The fourth-order valence-corrected chi connectivity index (χ4v) is 4.57. The monoisotopic (exact) mass is 337 g/mol. The zero-order chi connectivity index (χ0) is 17.4. The van der Waals surface area contributed by atoms with E-state index in [0.29, 0.717) is 17.0 Å². The van der Waals surface area contributed by atoms with Gasteiger partial charge in [-0.3, -0.25) is 0 Å². The first kappa shape index (κ1) is 17.8. The van der Waals surface area contributed by atoms with E-state index >= 15 is 0 Å². The maximum Gasteiger partial charge on any atom is 0.130 e. The van der Waals surface area contributed by atoms with Crippen LogP contribution in [0.2, 0.25) is 0 Å². The van der Waals surface area contributed by atoms with Crippen molar-refractivity contribution in [2.75, 3.05) is 6.61 Å². The summed E-state index contributed by atoms with van der Waals surface area (Å²) in [5.74, 6) is -0.970. The molecular formula is C20H29F2NO. The van der Waals surface area contributed by atoms with Gasteiger partial charge in [0.2, 0.25) is 0 Å². The number of hydrogen-bond acceptors (Lipinski definition) is 2. The molecule has 1 aliphatic carbocycles. The van der Waals surface area contributed by atoms with Crippen LogP contribution in [-0.2, 0) is 4.74 Å². The molecule has 24 heavy (non-hydrogen) atoms. The molecule has 0 radical (unpaired) electrons. The summed E-state index contributed by atoms with van der Waals surface area (Å²) in [5.41, 5.74) is 0.915. The molecule has 0 bridgehead atoms. The maximum atomic E-state index is 14.1. The molecule has 1 heterocycles. The van der Waals surface area contributed by atoms with Gasteiger partial charge in [0, 0.05) is 23.7 Å². The molecule has 2 fully saturated rings. The van der Waals surface area contributed by atoms with Gasteiger partial charge in [-0.2, -0.15) is 0 Å². The van der Waals surface area contributed by atoms with Crippen molar-refractivity contribution in [3.63, 3.8) is 0 Å². The normalized spacial score (nSPS) is 30.6. The summed E-state index contributed by atoms with van der Waals surface area (Å²) in [6.45, 7) is 7.27. The Morgan fingerprint density at radius 2 is 1.96 bits per heavy atom. The summed E-state index contributed by atoms with van der Waals surface area (Å²) in [6.07, 6.45) is 6.45. The molecule has 0 amide bonds. The van der Waals surface area contributed by atoms with Gasteiger partial charge in [0.15, 0.2) is 0 Å². The Morgan fingerprint density at radius 1 is 1.25 bits per heavy atom. The number of nitrogens with one attached hydrogen (secondary N) is 1. The lowest BCUT2D eigenvalue weighted by Gasteiger charge is -2.38. The molecule has 4 heteroatoms. The molecule has 1 saturated heterocycles. The molecule has 1 aromatic carbocycles. The van der Waals surface area contributed by atoms with E-state index in [4.69, 9.17) is 4.74 Å². The lowest BCUT2D eigenvalue weighted by Crippen LogP contribution is -2.40. The fraction of sp³-hybridized carbons (Fsp3) is 0.700. The first-order valence-electron chi connectivity index (χ1n) is 9.17. The highest BCUT2D eigenvalue weighted by Gasteiger charge is 2.46. The third-order valence-corrected chi connectivity index (χ3v) is 5.80. The molecule has 1 saturated carbocycles. The van der Waals surface area contributed by atoms with Crippen LogP contribution < -0.4 is 5.32 Å². The average molecular weight is 337 g/mol. The molecule has 1 aliphatic heterocycles. The molecule has 2 aliphatic rings. The van der Waals surface area contributed by atoms with Crippen LogP contribution in [0.15, 0.2) is 18.2 Å². The molecule has 1 spiro atoms. The van der Waals surface area contributed by atoms with E-state index in [1.807, 2.05) is 6.92 Å². The van der Waals surface area contributed by atoms with E-state index in [9.17, 15) is 8.78 Å². The standard InChI is InChI=1S/C20H29F2NO/c1-4-18(16-6-5-14(21)11-17(16)22)23-15-7-9-20(10-8-15)12-19(2,3)24-13-20/h5-6,11,15,18,23H,4,7-10,12-13H2,1-3H3. The Hall–Kier alpha value is -1.00. The predicted octanol–water partition coefficient (Wildman–Crippen LogP) is 5.13. The third-order valence-electron chi connectivity index (χ3n) is 5.80. The zero-order valence-corrected chi connectivity index (χ0v) is 15.0. The first-order valence-corrected chi connectivity index (χ1v) is 9.17. The Morgan fingerprint density at radius 3 is 2.50 bits per heavy atom. The smallest absolute Gasteiger partial charge is 0.130 e. The quantitative estimate of drug-likeness (QED) is 0.822. The van der Waals surface area contributed by atoms with Crippen LogP contribution in [0.3, 0.4) is 0 Å². The number of ether oxygens (including phenoxy) is 1. The molecule has 2 nitrogen and oxygen atoms in total. The Balaban J connectivity index is 1.60. The van der Waals surface area contributed by atoms with Gasteiger partial charge in [-0.15, -0.1) is 0 Å². The van der Waals surface area contributed by atoms with Gasteiger partial charge < -0.3 is 10.1 Å². The number of hydrogen-bond donors (Lipinski definition) is 1. The van der Waals surface area contributed by atoms with Crippen molar-refractivity contribution in [1.82, 2.24) is 5.32 Å². The SMILES string of the molecule is CCC(NC1CCC2(CC1)COC(C)(C)C2)c1ccc(F)cc1F. The second kappa shape index (κ2) is 6.72. The van der Waals surface area contributed by atoms with E-state index in [0.717, 1.165) is 51.2 Å². The van der Waals surface area contributed by atoms with Gasteiger partial charge in [-0.25, -0.2) is 8.78 Å². The molecule has 0 aromatic heterocycles. The maximum absolute atomic E-state index is 14.1. The second-order valence-electron chi connectivity index (χ2n) is 8.29. The molecule has 1 atom stereocenters. The van der Waals surface area contributed by atoms with Crippen molar-refractivity contribution in [3.05, 3.63) is 35.4 Å². The summed E-state index contributed by atoms with van der Waals surface area (Å²) >= 11 is 0. The van der Waals surface area contributed by atoms with E-state index in [1.54, 1.807) is 6.07 Å². The Labute approximate surface area is 144 Å². The molecule has 1 unspecified atom stereocenters. The minimum absolute atomic E-state index is 0.00343. The Bertz CT molecular complexity index is 579. The van der Waals surface area contributed by atoms with Crippen molar-refractivity contribution in [3.8, 4) is 0 Å². The number of rotatable bonds is 4. The lowest BCUT2D eigenvalue weighted by atomic mass is 9.69. The van der Waals surface area contributed by atoms with Crippen molar-refractivity contribution >= 4 is 0 Å². The zero-order valence-electron chi connectivity index (χ0n) is 15.0. The second-order valence-corrected chi connectivity index (χ2v) is 8.29. The van der Waals surface area contributed by atoms with Crippen molar-refractivity contribution in [1.29, 1.82) is 0 Å². The van der Waals surface area contributed by atoms with Crippen molar-refractivity contribution in [2.24, 2.45) is 5.41 Å². The van der Waals surface area contributed by atoms with Crippen LogP contribution in [0.5, 0.6) is 0 Å². The van der Waals surface area contributed by atoms with Crippen LogP contribution >= 0.6 is 0 Å². The molecule has 1 aromatic rings. The summed E-state index contributed by atoms with van der Waals surface area (Å²) in [7, 11) is 0. The molecular weight excluding hydrogens is 308 g/mol. The fourth-order valence-electron chi connectivity index (χ4n) is 4.57. The highest BCUT2D eigenvalue weighted by atomic mass is 19.1. The van der Waals surface area contributed by atoms with E-state index in [-0.39, 0.29) is 11.6 Å². The Kier molecular flexibility index (Phi) is 4.99. The number of halogens is 2.